The average Bonchev–Trinajstić information content (AvgIpc) is 3.15. The van der Waals surface area contributed by atoms with Crippen molar-refractivity contribution >= 4 is 45.8 Å². The predicted molar refractivity (Wildman–Crippen MR) is 211 cm³/mol. The fraction of sp³-hybridized carbons (Fsp3) is 0.0638. The Hall–Kier alpha value is -6.12. The Kier molecular flexibility index (Phi) is 9.21. The minimum atomic E-state index is 1.13. The highest BCUT2D eigenvalue weighted by atomic mass is 15.1. The van der Waals surface area contributed by atoms with Crippen molar-refractivity contribution in [2.75, 3.05) is 9.80 Å². The number of hydrogen-bond donors (Lipinski definition) is 0. The largest absolute Gasteiger partial charge is 0.311 e. The fourth-order valence-corrected chi connectivity index (χ4v) is 6.22. The molecular weight excluding hydrogens is 593 g/mol. The van der Waals surface area contributed by atoms with E-state index < -0.39 is 0 Å². The van der Waals surface area contributed by atoms with Gasteiger partial charge in [-0.15, -0.1) is 0 Å². The molecule has 2 nitrogen and oxygen atoms in total. The molecule has 0 saturated heterocycles. The van der Waals surface area contributed by atoms with Crippen LogP contribution >= 0.6 is 0 Å². The molecule has 0 N–H and O–H groups in total. The molecule has 0 unspecified atom stereocenters. The normalized spacial score (nSPS) is 11.3. The van der Waals surface area contributed by atoms with E-state index in [2.05, 4.69) is 219 Å². The highest BCUT2D eigenvalue weighted by Crippen LogP contribution is 2.37. The highest BCUT2D eigenvalue weighted by Gasteiger charge is 2.14. The first-order valence-electron chi connectivity index (χ1n) is 16.8. The van der Waals surface area contributed by atoms with Gasteiger partial charge in [-0.05, 0) is 121 Å². The molecule has 7 aromatic rings. The molecule has 0 amide bonds. The van der Waals surface area contributed by atoms with E-state index in [0.717, 1.165) is 34.1 Å². The van der Waals surface area contributed by atoms with Crippen LogP contribution in [0, 0.1) is 13.8 Å². The lowest BCUT2D eigenvalue weighted by Gasteiger charge is -2.26. The standard InChI is InChI=1S/C47H40N2/c1-35-14-26-44(27-15-35)49(45-28-16-36(2)17-29-45)47-32-24-41(25-33-47)40-22-20-39(21-23-40)37(3)34-38-18-30-46(31-19-38)48(42-10-6-4-7-11-42)43-12-8-5-9-13-43/h4-34H,1-3H3. The van der Waals surface area contributed by atoms with Crippen LogP contribution in [0.4, 0.5) is 34.1 Å². The van der Waals surface area contributed by atoms with Gasteiger partial charge < -0.3 is 9.80 Å². The maximum Gasteiger partial charge on any atom is 0.0462 e. The number of nitrogens with zero attached hydrogens (tertiary/aromatic N) is 2. The van der Waals surface area contributed by atoms with Gasteiger partial charge in [0.25, 0.3) is 0 Å². The summed E-state index contributed by atoms with van der Waals surface area (Å²) in [5.41, 5.74) is 15.3. The SMILES string of the molecule is CC(=Cc1ccc(N(c2ccccc2)c2ccccc2)cc1)c1ccc(-c2ccc(N(c3ccc(C)cc3)c3ccc(C)cc3)cc2)cc1. The van der Waals surface area contributed by atoms with E-state index in [1.165, 1.54) is 39.0 Å². The zero-order valence-corrected chi connectivity index (χ0v) is 28.3. The van der Waals surface area contributed by atoms with Crippen molar-refractivity contribution in [3.8, 4) is 11.1 Å². The van der Waals surface area contributed by atoms with Crippen molar-refractivity contribution in [1.82, 2.24) is 0 Å². The lowest BCUT2D eigenvalue weighted by atomic mass is 9.99. The van der Waals surface area contributed by atoms with Crippen molar-refractivity contribution in [3.63, 3.8) is 0 Å². The number of anilines is 6. The first kappa shape index (κ1) is 31.5. The summed E-state index contributed by atoms with van der Waals surface area (Å²) in [5.74, 6) is 0. The summed E-state index contributed by atoms with van der Waals surface area (Å²) < 4.78 is 0. The van der Waals surface area contributed by atoms with Crippen LogP contribution in [0.5, 0.6) is 0 Å². The molecule has 0 aliphatic heterocycles. The van der Waals surface area contributed by atoms with E-state index in [1.807, 2.05) is 0 Å². The average molecular weight is 633 g/mol. The maximum atomic E-state index is 2.31. The Balaban J connectivity index is 1.09. The molecule has 7 rings (SSSR count). The molecular formula is C47H40N2. The summed E-state index contributed by atoms with van der Waals surface area (Å²) in [5, 5.41) is 0. The molecule has 0 saturated carbocycles. The van der Waals surface area contributed by atoms with Crippen molar-refractivity contribution in [2.45, 2.75) is 20.8 Å². The van der Waals surface area contributed by atoms with Crippen LogP contribution in [0.3, 0.4) is 0 Å². The highest BCUT2D eigenvalue weighted by molar-refractivity contribution is 5.83. The van der Waals surface area contributed by atoms with Gasteiger partial charge in [0.2, 0.25) is 0 Å². The number of benzene rings is 7. The summed E-state index contributed by atoms with van der Waals surface area (Å²) in [7, 11) is 0. The molecule has 0 radical (unpaired) electrons. The minimum Gasteiger partial charge on any atom is -0.311 e. The summed E-state index contributed by atoms with van der Waals surface area (Å²) in [6.07, 6.45) is 2.26. The van der Waals surface area contributed by atoms with E-state index in [4.69, 9.17) is 0 Å². The molecule has 0 fully saturated rings. The quantitative estimate of drug-likeness (QED) is 0.146. The van der Waals surface area contributed by atoms with Crippen LogP contribution in [0.15, 0.2) is 182 Å². The topological polar surface area (TPSA) is 6.48 Å². The lowest BCUT2D eigenvalue weighted by molar-refractivity contribution is 1.27. The second-order valence-electron chi connectivity index (χ2n) is 12.6. The number of rotatable bonds is 9. The molecule has 0 atom stereocenters. The van der Waals surface area contributed by atoms with Crippen LogP contribution < -0.4 is 9.80 Å². The Morgan fingerprint density at radius 1 is 0.367 bits per heavy atom. The third-order valence-electron chi connectivity index (χ3n) is 8.95. The summed E-state index contributed by atoms with van der Waals surface area (Å²) >= 11 is 0. The maximum absolute atomic E-state index is 2.31. The van der Waals surface area contributed by atoms with Crippen LogP contribution in [0.25, 0.3) is 22.8 Å². The van der Waals surface area contributed by atoms with Gasteiger partial charge in [0, 0.05) is 34.1 Å². The Morgan fingerprint density at radius 2 is 0.694 bits per heavy atom. The number of para-hydroxylation sites is 2. The molecule has 2 heteroatoms. The summed E-state index contributed by atoms with van der Waals surface area (Å²) in [6.45, 7) is 6.44. The van der Waals surface area contributed by atoms with Gasteiger partial charge in [-0.25, -0.2) is 0 Å². The lowest BCUT2D eigenvalue weighted by Crippen LogP contribution is -2.09. The fourth-order valence-electron chi connectivity index (χ4n) is 6.22. The molecule has 0 bridgehead atoms. The zero-order chi connectivity index (χ0) is 33.6. The second kappa shape index (κ2) is 14.3. The summed E-state index contributed by atoms with van der Waals surface area (Å²) in [6, 6.07) is 65.0. The van der Waals surface area contributed by atoms with Crippen LogP contribution in [0.2, 0.25) is 0 Å². The molecule has 7 aromatic carbocycles. The Labute approximate surface area is 290 Å². The van der Waals surface area contributed by atoms with Gasteiger partial charge in [0.05, 0.1) is 0 Å². The van der Waals surface area contributed by atoms with Crippen molar-refractivity contribution in [1.29, 1.82) is 0 Å². The van der Waals surface area contributed by atoms with Gasteiger partial charge in [-0.3, -0.25) is 0 Å². The number of allylic oxidation sites excluding steroid dienone is 1. The third kappa shape index (κ3) is 7.25. The van der Waals surface area contributed by atoms with Crippen LogP contribution in [-0.2, 0) is 0 Å². The van der Waals surface area contributed by atoms with E-state index in [-0.39, 0.29) is 0 Å². The van der Waals surface area contributed by atoms with Crippen molar-refractivity contribution in [2.24, 2.45) is 0 Å². The van der Waals surface area contributed by atoms with Gasteiger partial charge >= 0.3 is 0 Å². The molecule has 0 aliphatic carbocycles. The monoisotopic (exact) mass is 632 g/mol. The molecule has 238 valence electrons. The van der Waals surface area contributed by atoms with Gasteiger partial charge in [0.1, 0.15) is 0 Å². The van der Waals surface area contributed by atoms with Gasteiger partial charge in [-0.2, -0.15) is 0 Å². The first-order chi connectivity index (χ1) is 24.0. The second-order valence-corrected chi connectivity index (χ2v) is 12.6. The minimum absolute atomic E-state index is 1.13. The van der Waals surface area contributed by atoms with E-state index in [0.29, 0.717) is 0 Å². The molecule has 0 heterocycles. The Bertz CT molecular complexity index is 2040. The number of aryl methyl sites for hydroxylation is 2. The predicted octanol–water partition coefficient (Wildman–Crippen LogP) is 13.5. The van der Waals surface area contributed by atoms with Gasteiger partial charge in [0.15, 0.2) is 0 Å². The third-order valence-corrected chi connectivity index (χ3v) is 8.95. The van der Waals surface area contributed by atoms with Gasteiger partial charge in [-0.1, -0.05) is 126 Å². The summed E-state index contributed by atoms with van der Waals surface area (Å²) in [4.78, 5) is 4.60. The molecule has 49 heavy (non-hydrogen) atoms. The first-order valence-corrected chi connectivity index (χ1v) is 16.8. The smallest absolute Gasteiger partial charge is 0.0462 e. The van der Waals surface area contributed by atoms with E-state index >= 15 is 0 Å². The molecule has 0 spiro atoms. The van der Waals surface area contributed by atoms with Crippen LogP contribution in [0.1, 0.15) is 29.2 Å². The molecule has 0 aromatic heterocycles. The Morgan fingerprint density at radius 3 is 1.10 bits per heavy atom. The van der Waals surface area contributed by atoms with E-state index in [1.54, 1.807) is 0 Å². The van der Waals surface area contributed by atoms with Crippen LogP contribution in [-0.4, -0.2) is 0 Å². The number of hydrogen-bond acceptors (Lipinski definition) is 2. The van der Waals surface area contributed by atoms with Crippen molar-refractivity contribution in [3.05, 3.63) is 204 Å². The van der Waals surface area contributed by atoms with Crippen molar-refractivity contribution < 1.29 is 0 Å². The molecule has 0 aliphatic rings. The zero-order valence-electron chi connectivity index (χ0n) is 28.3. The van der Waals surface area contributed by atoms with E-state index in [9.17, 15) is 0 Å².